The van der Waals surface area contributed by atoms with Crippen molar-refractivity contribution in [2.45, 2.75) is 26.3 Å². The van der Waals surface area contributed by atoms with Gasteiger partial charge in [0.05, 0.1) is 19.1 Å². The smallest absolute Gasteiger partial charge is 0.226 e. The molecule has 0 spiro atoms. The Labute approximate surface area is 154 Å². The minimum Gasteiger partial charge on any atom is -0.494 e. The van der Waals surface area contributed by atoms with Crippen LogP contribution in [0.4, 0.5) is 5.69 Å². The Balaban J connectivity index is 1.73. The van der Waals surface area contributed by atoms with E-state index in [-0.39, 0.29) is 11.9 Å². The summed E-state index contributed by atoms with van der Waals surface area (Å²) >= 11 is 0. The van der Waals surface area contributed by atoms with Crippen LogP contribution in [0.2, 0.25) is 0 Å². The summed E-state index contributed by atoms with van der Waals surface area (Å²) in [6, 6.07) is 19.7. The van der Waals surface area contributed by atoms with Crippen molar-refractivity contribution in [1.82, 2.24) is 4.57 Å². The van der Waals surface area contributed by atoms with Crippen molar-refractivity contribution in [3.8, 4) is 5.75 Å². The molecule has 3 aromatic rings. The predicted molar refractivity (Wildman–Crippen MR) is 105 cm³/mol. The Morgan fingerprint density at radius 3 is 2.46 bits per heavy atom. The number of nitrogens with one attached hydrogen (secondary N) is 1. The van der Waals surface area contributed by atoms with E-state index in [1.165, 1.54) is 5.56 Å². The van der Waals surface area contributed by atoms with E-state index >= 15 is 0 Å². The summed E-state index contributed by atoms with van der Waals surface area (Å²) in [4.78, 5) is 12.6. The summed E-state index contributed by atoms with van der Waals surface area (Å²) < 4.78 is 7.51. The highest BCUT2D eigenvalue weighted by molar-refractivity contribution is 5.91. The average molecular weight is 348 g/mol. The summed E-state index contributed by atoms with van der Waals surface area (Å²) in [7, 11) is 0. The van der Waals surface area contributed by atoms with Gasteiger partial charge in [0.1, 0.15) is 5.75 Å². The molecule has 0 aliphatic rings. The summed E-state index contributed by atoms with van der Waals surface area (Å²) in [6.45, 7) is 4.64. The number of nitrogens with zero attached hydrogens (tertiary/aromatic N) is 1. The molecule has 0 radical (unpaired) electrons. The van der Waals surface area contributed by atoms with Gasteiger partial charge in [0, 0.05) is 18.1 Å². The molecule has 1 heterocycles. The van der Waals surface area contributed by atoms with Gasteiger partial charge in [-0.2, -0.15) is 0 Å². The van der Waals surface area contributed by atoms with Gasteiger partial charge in [-0.05, 0) is 55.8 Å². The number of benzene rings is 2. The van der Waals surface area contributed by atoms with Gasteiger partial charge in [-0.25, -0.2) is 0 Å². The van der Waals surface area contributed by atoms with Gasteiger partial charge in [-0.3, -0.25) is 4.79 Å². The van der Waals surface area contributed by atoms with Crippen molar-refractivity contribution in [3.63, 3.8) is 0 Å². The van der Waals surface area contributed by atoms with Crippen molar-refractivity contribution < 1.29 is 9.53 Å². The number of ether oxygens (including phenoxy) is 1. The SMILES string of the molecule is CCOc1ccc(NC(=O)C[C@@H](c2cccc(C)c2)n2cccc2)cc1. The number of amides is 1. The normalized spacial score (nSPS) is 11.8. The highest BCUT2D eigenvalue weighted by atomic mass is 16.5. The van der Waals surface area contributed by atoms with E-state index in [4.69, 9.17) is 4.74 Å². The first-order valence-electron chi connectivity index (χ1n) is 8.87. The van der Waals surface area contributed by atoms with Gasteiger partial charge < -0.3 is 14.6 Å². The van der Waals surface area contributed by atoms with Gasteiger partial charge in [-0.1, -0.05) is 29.8 Å². The number of carbonyl (C=O) groups excluding carboxylic acids is 1. The number of hydrogen-bond donors (Lipinski definition) is 1. The van der Waals surface area contributed by atoms with Crippen molar-refractivity contribution in [2.24, 2.45) is 0 Å². The quantitative estimate of drug-likeness (QED) is 0.665. The van der Waals surface area contributed by atoms with Crippen molar-refractivity contribution in [2.75, 3.05) is 11.9 Å². The summed E-state index contributed by atoms with van der Waals surface area (Å²) in [5, 5.41) is 2.98. The van der Waals surface area contributed by atoms with Crippen LogP contribution >= 0.6 is 0 Å². The third-order valence-electron chi connectivity index (χ3n) is 4.24. The first-order chi connectivity index (χ1) is 12.7. The predicted octanol–water partition coefficient (Wildman–Crippen LogP) is 4.81. The lowest BCUT2D eigenvalue weighted by atomic mass is 10.0. The van der Waals surface area contributed by atoms with Crippen LogP contribution in [0.1, 0.15) is 30.5 Å². The van der Waals surface area contributed by atoms with Gasteiger partial charge in [0.15, 0.2) is 0 Å². The number of aromatic nitrogens is 1. The van der Waals surface area contributed by atoms with E-state index in [2.05, 4.69) is 35.0 Å². The molecule has 0 unspecified atom stereocenters. The minimum absolute atomic E-state index is 0.0191. The molecule has 2 aromatic carbocycles. The van der Waals surface area contributed by atoms with Crippen LogP contribution in [0, 0.1) is 6.92 Å². The second-order valence-corrected chi connectivity index (χ2v) is 6.27. The third kappa shape index (κ3) is 4.54. The summed E-state index contributed by atoms with van der Waals surface area (Å²) in [6.07, 6.45) is 4.36. The number of rotatable bonds is 7. The molecule has 0 aliphatic carbocycles. The maximum Gasteiger partial charge on any atom is 0.226 e. The zero-order valence-corrected chi connectivity index (χ0v) is 15.2. The van der Waals surface area contributed by atoms with E-state index in [0.717, 1.165) is 17.0 Å². The summed E-state index contributed by atoms with van der Waals surface area (Å²) in [5.74, 6) is 0.782. The average Bonchev–Trinajstić information content (AvgIpc) is 3.16. The standard InChI is InChI=1S/C22H24N2O2/c1-3-26-20-11-9-19(10-12-20)23-22(25)16-21(24-13-4-5-14-24)18-8-6-7-17(2)15-18/h4-15,21H,3,16H2,1-2H3,(H,23,25)/t21-/m0/s1. The van der Waals surface area contributed by atoms with E-state index < -0.39 is 0 Å². The van der Waals surface area contributed by atoms with Crippen LogP contribution in [0.25, 0.3) is 0 Å². The largest absolute Gasteiger partial charge is 0.494 e. The van der Waals surface area contributed by atoms with Crippen LogP contribution in [-0.4, -0.2) is 17.1 Å². The fraction of sp³-hybridized carbons (Fsp3) is 0.227. The second-order valence-electron chi connectivity index (χ2n) is 6.27. The molecular weight excluding hydrogens is 324 g/mol. The zero-order chi connectivity index (χ0) is 18.4. The third-order valence-corrected chi connectivity index (χ3v) is 4.24. The molecule has 1 N–H and O–H groups in total. The molecule has 4 heteroatoms. The topological polar surface area (TPSA) is 43.3 Å². The van der Waals surface area contributed by atoms with E-state index in [9.17, 15) is 4.79 Å². The number of hydrogen-bond acceptors (Lipinski definition) is 2. The Bertz CT molecular complexity index is 839. The molecule has 134 valence electrons. The fourth-order valence-electron chi connectivity index (χ4n) is 3.02. The van der Waals surface area contributed by atoms with Crippen molar-refractivity contribution in [1.29, 1.82) is 0 Å². The van der Waals surface area contributed by atoms with E-state index in [0.29, 0.717) is 13.0 Å². The van der Waals surface area contributed by atoms with Crippen LogP contribution in [0.15, 0.2) is 73.1 Å². The van der Waals surface area contributed by atoms with Gasteiger partial charge in [0.25, 0.3) is 0 Å². The van der Waals surface area contributed by atoms with Crippen LogP contribution in [0.5, 0.6) is 5.75 Å². The van der Waals surface area contributed by atoms with Crippen molar-refractivity contribution >= 4 is 11.6 Å². The Morgan fingerprint density at radius 2 is 1.81 bits per heavy atom. The Kier molecular flexibility index (Phi) is 5.74. The molecule has 0 bridgehead atoms. The molecule has 1 amide bonds. The first kappa shape index (κ1) is 17.8. The Morgan fingerprint density at radius 1 is 1.08 bits per heavy atom. The van der Waals surface area contributed by atoms with Crippen LogP contribution < -0.4 is 10.1 Å². The molecular formula is C22H24N2O2. The van der Waals surface area contributed by atoms with Crippen LogP contribution in [0.3, 0.4) is 0 Å². The van der Waals surface area contributed by atoms with Gasteiger partial charge in [-0.15, -0.1) is 0 Å². The van der Waals surface area contributed by atoms with Gasteiger partial charge >= 0.3 is 0 Å². The highest BCUT2D eigenvalue weighted by Crippen LogP contribution is 2.24. The van der Waals surface area contributed by atoms with Gasteiger partial charge in [0.2, 0.25) is 5.91 Å². The van der Waals surface area contributed by atoms with E-state index in [1.54, 1.807) is 0 Å². The molecule has 0 aliphatic heterocycles. The summed E-state index contributed by atoms with van der Waals surface area (Å²) in [5.41, 5.74) is 3.09. The monoisotopic (exact) mass is 348 g/mol. The Hall–Kier alpha value is -3.01. The lowest BCUT2D eigenvalue weighted by Gasteiger charge is -2.20. The highest BCUT2D eigenvalue weighted by Gasteiger charge is 2.17. The molecule has 1 atom stereocenters. The lowest BCUT2D eigenvalue weighted by Crippen LogP contribution is -2.19. The molecule has 0 saturated heterocycles. The zero-order valence-electron chi connectivity index (χ0n) is 15.2. The molecule has 4 nitrogen and oxygen atoms in total. The molecule has 3 rings (SSSR count). The molecule has 26 heavy (non-hydrogen) atoms. The second kappa shape index (κ2) is 8.39. The fourth-order valence-corrected chi connectivity index (χ4v) is 3.02. The number of anilines is 1. The first-order valence-corrected chi connectivity index (χ1v) is 8.87. The maximum atomic E-state index is 12.6. The minimum atomic E-state index is -0.0346. The van der Waals surface area contributed by atoms with E-state index in [1.807, 2.05) is 61.8 Å². The lowest BCUT2D eigenvalue weighted by molar-refractivity contribution is -0.116. The molecule has 0 saturated carbocycles. The van der Waals surface area contributed by atoms with Crippen molar-refractivity contribution in [3.05, 3.63) is 84.2 Å². The number of carbonyl (C=O) groups is 1. The van der Waals surface area contributed by atoms with Crippen LogP contribution in [-0.2, 0) is 4.79 Å². The molecule has 1 aromatic heterocycles. The maximum absolute atomic E-state index is 12.6. The number of aryl methyl sites for hydroxylation is 1. The molecule has 0 fully saturated rings.